The van der Waals surface area contributed by atoms with E-state index in [0.717, 1.165) is 0 Å². The molecule has 0 aromatic carbocycles. The predicted octanol–water partition coefficient (Wildman–Crippen LogP) is -0.0542. The molecular formula is C6H15N3O2S2. The normalized spacial score (nSPS) is 12.9. The molecule has 1 aliphatic heterocycles. The zero-order valence-corrected chi connectivity index (χ0v) is 8.83. The molecule has 1 aliphatic rings. The van der Waals surface area contributed by atoms with E-state index in [9.17, 15) is 0 Å². The third-order valence-electron chi connectivity index (χ3n) is 0.957. The summed E-state index contributed by atoms with van der Waals surface area (Å²) in [5.41, 5.74) is 8.80. The number of aliphatic hydroxyl groups is 2. The third-order valence-corrected chi connectivity index (χ3v) is 0.957. The van der Waals surface area contributed by atoms with Gasteiger partial charge in [-0.15, -0.1) is 0 Å². The van der Waals surface area contributed by atoms with Gasteiger partial charge in [-0.1, -0.05) is 0 Å². The van der Waals surface area contributed by atoms with Gasteiger partial charge in [-0.25, -0.2) is 0 Å². The van der Waals surface area contributed by atoms with E-state index in [-0.39, 0.29) is 0 Å². The van der Waals surface area contributed by atoms with Gasteiger partial charge in [0.15, 0.2) is 0 Å². The summed E-state index contributed by atoms with van der Waals surface area (Å²) in [4.78, 5) is 0. The fourth-order valence-electron chi connectivity index (χ4n) is 0.625. The minimum absolute atomic E-state index is 0.500. The smallest absolute Gasteiger partial charge is 0.251 e. The van der Waals surface area contributed by atoms with Crippen LogP contribution in [0.5, 0.6) is 0 Å². The van der Waals surface area contributed by atoms with Crippen molar-refractivity contribution in [3.63, 3.8) is 0 Å². The molecule has 13 heavy (non-hydrogen) atoms. The predicted molar refractivity (Wildman–Crippen MR) is 60.9 cm³/mol. The zero-order valence-electron chi connectivity index (χ0n) is 7.19. The molecule has 1 fully saturated rings. The minimum Gasteiger partial charge on any atom is -0.487 e. The second-order valence-electron chi connectivity index (χ2n) is 2.13. The van der Waals surface area contributed by atoms with E-state index in [1.807, 2.05) is 0 Å². The molecule has 7 N–H and O–H groups in total. The lowest BCUT2D eigenvalue weighted by molar-refractivity contribution is 0.559. The van der Waals surface area contributed by atoms with E-state index in [1.54, 1.807) is 0 Å². The molecule has 1 heterocycles. The van der Waals surface area contributed by atoms with Crippen LogP contribution >= 0.6 is 24.4 Å². The first kappa shape index (κ1) is 14.8. The largest absolute Gasteiger partial charge is 0.487 e. The van der Waals surface area contributed by atoms with Crippen LogP contribution in [0.1, 0.15) is 12.8 Å². The Bertz CT molecular complexity index is 123. The van der Waals surface area contributed by atoms with Gasteiger partial charge < -0.3 is 27.0 Å². The van der Waals surface area contributed by atoms with E-state index in [0.29, 0.717) is 0 Å². The lowest BCUT2D eigenvalue weighted by Crippen LogP contribution is -2.03. The molecule has 5 nitrogen and oxygen atoms in total. The van der Waals surface area contributed by atoms with Crippen LogP contribution in [-0.4, -0.2) is 33.7 Å². The van der Waals surface area contributed by atoms with Gasteiger partial charge in [0, 0.05) is 0 Å². The molecule has 78 valence electrons. The standard InChI is InChI=1S/C4H9N.2CH3NOS/c1-2-4-5-3-1;2*2-1(3)4/h5H,1-4H2;2*(H3,2,3,4). The fourth-order valence-corrected chi connectivity index (χ4v) is 0.625. The number of nitrogens with one attached hydrogen (secondary N) is 1. The van der Waals surface area contributed by atoms with Crippen molar-refractivity contribution in [2.45, 2.75) is 12.8 Å². The van der Waals surface area contributed by atoms with Crippen LogP contribution in [0.2, 0.25) is 0 Å². The zero-order chi connectivity index (χ0) is 10.7. The van der Waals surface area contributed by atoms with Crippen LogP contribution in [0.25, 0.3) is 0 Å². The van der Waals surface area contributed by atoms with Gasteiger partial charge >= 0.3 is 0 Å². The van der Waals surface area contributed by atoms with Crippen molar-refractivity contribution in [1.29, 1.82) is 0 Å². The molecule has 0 aromatic heterocycles. The van der Waals surface area contributed by atoms with Crippen molar-refractivity contribution in [3.8, 4) is 0 Å². The maximum absolute atomic E-state index is 7.56. The van der Waals surface area contributed by atoms with Gasteiger partial charge in [0.1, 0.15) is 0 Å². The molecular weight excluding hydrogens is 210 g/mol. The van der Waals surface area contributed by atoms with Crippen molar-refractivity contribution in [1.82, 2.24) is 5.32 Å². The highest BCUT2D eigenvalue weighted by molar-refractivity contribution is 7.80. The Hall–Kier alpha value is -0.660. The number of aliphatic hydroxyl groups excluding tert-OH is 2. The van der Waals surface area contributed by atoms with Crippen molar-refractivity contribution in [2.24, 2.45) is 11.5 Å². The molecule has 0 spiro atoms. The number of rotatable bonds is 0. The van der Waals surface area contributed by atoms with Gasteiger partial charge in [-0.2, -0.15) is 0 Å². The van der Waals surface area contributed by atoms with Crippen molar-refractivity contribution < 1.29 is 10.2 Å². The maximum atomic E-state index is 7.56. The monoisotopic (exact) mass is 225 g/mol. The fraction of sp³-hybridized carbons (Fsp3) is 0.667. The Balaban J connectivity index is 0. The van der Waals surface area contributed by atoms with E-state index >= 15 is 0 Å². The van der Waals surface area contributed by atoms with Gasteiger partial charge in [-0.3, -0.25) is 0 Å². The Morgan fingerprint density at radius 3 is 1.31 bits per heavy atom. The van der Waals surface area contributed by atoms with Gasteiger partial charge in [0.05, 0.1) is 0 Å². The number of nitrogens with two attached hydrogens (primary N) is 2. The molecule has 0 saturated carbocycles. The van der Waals surface area contributed by atoms with Crippen LogP contribution in [0.15, 0.2) is 0 Å². The van der Waals surface area contributed by atoms with Crippen LogP contribution in [0, 0.1) is 0 Å². The van der Waals surface area contributed by atoms with E-state index in [2.05, 4.69) is 41.2 Å². The number of thiocarbonyl (C=S) groups is 2. The average molecular weight is 225 g/mol. The van der Waals surface area contributed by atoms with Crippen molar-refractivity contribution in [2.75, 3.05) is 13.1 Å². The summed E-state index contributed by atoms with van der Waals surface area (Å²) in [7, 11) is 0. The van der Waals surface area contributed by atoms with Crippen LogP contribution < -0.4 is 16.8 Å². The molecule has 0 amide bonds. The Kier molecular flexibility index (Phi) is 12.9. The van der Waals surface area contributed by atoms with E-state index in [4.69, 9.17) is 10.2 Å². The molecule has 0 aromatic rings. The third kappa shape index (κ3) is 52.5. The molecule has 0 unspecified atom stereocenters. The lowest BCUT2D eigenvalue weighted by Gasteiger charge is -1.76. The highest BCUT2D eigenvalue weighted by atomic mass is 32.1. The summed E-state index contributed by atoms with van der Waals surface area (Å²) in [6, 6.07) is 0. The summed E-state index contributed by atoms with van der Waals surface area (Å²) in [6.45, 7) is 2.50. The summed E-state index contributed by atoms with van der Waals surface area (Å²) in [5.74, 6) is 0. The van der Waals surface area contributed by atoms with Gasteiger partial charge in [-0.05, 0) is 50.4 Å². The first-order chi connectivity index (χ1) is 5.96. The summed E-state index contributed by atoms with van der Waals surface area (Å²) < 4.78 is 0. The molecule has 0 radical (unpaired) electrons. The second-order valence-corrected chi connectivity index (χ2v) is 2.97. The van der Waals surface area contributed by atoms with Crippen LogP contribution in [0.4, 0.5) is 0 Å². The number of hydrogen-bond acceptors (Lipinski definition) is 3. The molecule has 0 atom stereocenters. The molecule has 1 rings (SSSR count). The molecule has 0 aliphatic carbocycles. The van der Waals surface area contributed by atoms with Gasteiger partial charge in [0.25, 0.3) is 10.3 Å². The summed E-state index contributed by atoms with van der Waals surface area (Å²) >= 11 is 7.74. The van der Waals surface area contributed by atoms with Crippen LogP contribution in [0.3, 0.4) is 0 Å². The van der Waals surface area contributed by atoms with E-state index in [1.165, 1.54) is 25.9 Å². The first-order valence-corrected chi connectivity index (χ1v) is 4.46. The second kappa shape index (κ2) is 11.3. The lowest BCUT2D eigenvalue weighted by atomic mass is 10.4. The maximum Gasteiger partial charge on any atom is 0.251 e. The SMILES string of the molecule is C1CCNC1.NC(O)=S.NC(O)=S. The Morgan fingerprint density at radius 2 is 1.23 bits per heavy atom. The highest BCUT2D eigenvalue weighted by Crippen LogP contribution is 1.90. The molecule has 7 heteroatoms. The van der Waals surface area contributed by atoms with Crippen molar-refractivity contribution >= 4 is 34.8 Å². The minimum atomic E-state index is -0.500. The average Bonchev–Trinajstić information content (AvgIpc) is 2.35. The Labute approximate surface area is 88.1 Å². The quantitative estimate of drug-likeness (QED) is 0.368. The Morgan fingerprint density at radius 1 is 1.00 bits per heavy atom. The number of hydrogen-bond donors (Lipinski definition) is 5. The van der Waals surface area contributed by atoms with Crippen molar-refractivity contribution in [3.05, 3.63) is 0 Å². The van der Waals surface area contributed by atoms with E-state index < -0.39 is 10.3 Å². The highest BCUT2D eigenvalue weighted by Gasteiger charge is 1.93. The summed E-state index contributed by atoms with van der Waals surface area (Å²) in [5, 5.41) is 17.4. The topological polar surface area (TPSA) is 105 Å². The first-order valence-electron chi connectivity index (χ1n) is 3.64. The molecule has 1 saturated heterocycles. The summed E-state index contributed by atoms with van der Waals surface area (Å²) in [6.07, 6.45) is 2.78. The molecule has 0 bridgehead atoms. The van der Waals surface area contributed by atoms with Crippen LogP contribution in [-0.2, 0) is 0 Å². The van der Waals surface area contributed by atoms with Gasteiger partial charge in [0.2, 0.25) is 0 Å².